The minimum Gasteiger partial charge on any atom is -0.365 e. The van der Waals surface area contributed by atoms with Crippen LogP contribution in [0.25, 0.3) is 6.08 Å². The van der Waals surface area contributed by atoms with Gasteiger partial charge in [-0.25, -0.2) is 4.98 Å². The number of carbonyl (C=O) groups is 1. The van der Waals surface area contributed by atoms with Gasteiger partial charge in [-0.3, -0.25) is 4.79 Å². The second-order valence-corrected chi connectivity index (χ2v) is 4.79. The van der Waals surface area contributed by atoms with Gasteiger partial charge in [0.05, 0.1) is 10.6 Å². The number of ketones is 1. The average Bonchev–Trinajstić information content (AvgIpc) is 2.78. The maximum Gasteiger partial charge on any atom is 0.197 e. The van der Waals surface area contributed by atoms with Crippen LogP contribution in [0.15, 0.2) is 36.4 Å². The van der Waals surface area contributed by atoms with Crippen molar-refractivity contribution in [1.29, 1.82) is 0 Å². The molecule has 0 fully saturated rings. The van der Waals surface area contributed by atoms with Crippen LogP contribution in [-0.2, 0) is 0 Å². The first kappa shape index (κ1) is 12.5. The quantitative estimate of drug-likeness (QED) is 0.675. The predicted molar refractivity (Wildman–Crippen MR) is 76.2 cm³/mol. The molecular formula is C14H14N2OS. The van der Waals surface area contributed by atoms with Crippen molar-refractivity contribution in [3.05, 3.63) is 52.5 Å². The van der Waals surface area contributed by atoms with E-state index in [-0.39, 0.29) is 5.78 Å². The number of aromatic nitrogens is 1. The summed E-state index contributed by atoms with van der Waals surface area (Å²) >= 11 is 1.38. The van der Waals surface area contributed by atoms with E-state index in [1.54, 1.807) is 13.1 Å². The van der Waals surface area contributed by atoms with E-state index in [1.165, 1.54) is 11.3 Å². The summed E-state index contributed by atoms with van der Waals surface area (Å²) in [6.07, 6.45) is 3.41. The molecule has 0 unspecified atom stereocenters. The molecule has 3 nitrogen and oxygen atoms in total. The zero-order valence-electron chi connectivity index (χ0n) is 10.3. The summed E-state index contributed by atoms with van der Waals surface area (Å²) in [5.41, 5.74) is 1.79. The standard InChI is InChI=1S/C14H14N2OS/c1-10-13(18-14(15-2)16-10)12(17)9-8-11-6-4-3-5-7-11/h3-9H,1-2H3,(H,15,16)/b9-8+. The molecule has 0 saturated heterocycles. The molecule has 1 heterocycles. The molecule has 0 radical (unpaired) electrons. The Kier molecular flexibility index (Phi) is 3.89. The van der Waals surface area contributed by atoms with Gasteiger partial charge < -0.3 is 5.32 Å². The summed E-state index contributed by atoms with van der Waals surface area (Å²) < 4.78 is 0. The number of anilines is 1. The number of rotatable bonds is 4. The third-order valence-electron chi connectivity index (χ3n) is 2.46. The molecule has 0 aliphatic rings. The number of hydrogen-bond acceptors (Lipinski definition) is 4. The zero-order valence-corrected chi connectivity index (χ0v) is 11.1. The van der Waals surface area contributed by atoms with Gasteiger partial charge in [0.25, 0.3) is 0 Å². The van der Waals surface area contributed by atoms with Crippen LogP contribution in [-0.4, -0.2) is 17.8 Å². The van der Waals surface area contributed by atoms with Crippen LogP contribution >= 0.6 is 11.3 Å². The van der Waals surface area contributed by atoms with Crippen LogP contribution in [0.5, 0.6) is 0 Å². The summed E-state index contributed by atoms with van der Waals surface area (Å²) in [6, 6.07) is 9.76. The van der Waals surface area contributed by atoms with Crippen LogP contribution in [0, 0.1) is 6.92 Å². The van der Waals surface area contributed by atoms with Gasteiger partial charge in [-0.1, -0.05) is 47.7 Å². The number of benzene rings is 1. The molecule has 1 N–H and O–H groups in total. The molecule has 92 valence electrons. The lowest BCUT2D eigenvalue weighted by Gasteiger charge is -1.92. The number of hydrogen-bond donors (Lipinski definition) is 1. The first-order valence-electron chi connectivity index (χ1n) is 5.63. The van der Waals surface area contributed by atoms with E-state index in [0.29, 0.717) is 4.88 Å². The third kappa shape index (κ3) is 2.84. The van der Waals surface area contributed by atoms with Crippen molar-refractivity contribution in [2.24, 2.45) is 0 Å². The van der Waals surface area contributed by atoms with E-state index in [0.717, 1.165) is 16.4 Å². The number of thiazole rings is 1. The van der Waals surface area contributed by atoms with Crippen molar-refractivity contribution in [3.8, 4) is 0 Å². The Labute approximate surface area is 110 Å². The van der Waals surface area contributed by atoms with Crippen molar-refractivity contribution < 1.29 is 4.79 Å². The van der Waals surface area contributed by atoms with Gasteiger partial charge in [-0.2, -0.15) is 0 Å². The van der Waals surface area contributed by atoms with E-state index < -0.39 is 0 Å². The van der Waals surface area contributed by atoms with Crippen molar-refractivity contribution in [2.75, 3.05) is 12.4 Å². The molecule has 1 aromatic carbocycles. The SMILES string of the molecule is CNc1nc(C)c(C(=O)/C=C/c2ccccc2)s1. The normalized spacial score (nSPS) is 10.8. The summed E-state index contributed by atoms with van der Waals surface area (Å²) in [5.74, 6) is -0.00430. The molecule has 0 aliphatic carbocycles. The molecule has 0 bridgehead atoms. The maximum atomic E-state index is 12.0. The number of allylic oxidation sites excluding steroid dienone is 1. The predicted octanol–water partition coefficient (Wildman–Crippen LogP) is 3.39. The number of carbonyl (C=O) groups excluding carboxylic acids is 1. The Bertz CT molecular complexity index is 573. The van der Waals surface area contributed by atoms with Crippen LogP contribution in [0.3, 0.4) is 0 Å². The molecule has 2 rings (SSSR count). The molecule has 0 aliphatic heterocycles. The van der Waals surface area contributed by atoms with Crippen LogP contribution in [0.1, 0.15) is 20.9 Å². The summed E-state index contributed by atoms with van der Waals surface area (Å²) in [4.78, 5) is 17.0. The van der Waals surface area contributed by atoms with E-state index in [9.17, 15) is 4.79 Å². The summed E-state index contributed by atoms with van der Waals surface area (Å²) in [6.45, 7) is 1.85. The fraction of sp³-hybridized carbons (Fsp3) is 0.143. The van der Waals surface area contributed by atoms with E-state index in [1.807, 2.05) is 43.3 Å². The van der Waals surface area contributed by atoms with E-state index >= 15 is 0 Å². The van der Waals surface area contributed by atoms with Crippen molar-refractivity contribution in [1.82, 2.24) is 4.98 Å². The van der Waals surface area contributed by atoms with Gasteiger partial charge in [-0.15, -0.1) is 0 Å². The highest BCUT2D eigenvalue weighted by molar-refractivity contribution is 7.17. The fourth-order valence-electron chi connectivity index (χ4n) is 1.54. The number of aryl methyl sites for hydroxylation is 1. The molecule has 0 atom stereocenters. The van der Waals surface area contributed by atoms with Gasteiger partial charge in [0.15, 0.2) is 10.9 Å². The number of nitrogens with zero attached hydrogens (tertiary/aromatic N) is 1. The van der Waals surface area contributed by atoms with Gasteiger partial charge in [0.1, 0.15) is 0 Å². The van der Waals surface area contributed by atoms with Crippen molar-refractivity contribution in [3.63, 3.8) is 0 Å². The third-order valence-corrected chi connectivity index (χ3v) is 3.65. The Morgan fingerprint density at radius 3 is 2.67 bits per heavy atom. The largest absolute Gasteiger partial charge is 0.365 e. The van der Waals surface area contributed by atoms with E-state index in [4.69, 9.17) is 0 Å². The zero-order chi connectivity index (χ0) is 13.0. The topological polar surface area (TPSA) is 42.0 Å². The first-order chi connectivity index (χ1) is 8.70. The second kappa shape index (κ2) is 5.60. The minimum atomic E-state index is -0.00430. The monoisotopic (exact) mass is 258 g/mol. The molecule has 4 heteroatoms. The van der Waals surface area contributed by atoms with Gasteiger partial charge in [0.2, 0.25) is 0 Å². The van der Waals surface area contributed by atoms with Gasteiger partial charge >= 0.3 is 0 Å². The molecular weight excluding hydrogens is 244 g/mol. The van der Waals surface area contributed by atoms with Crippen molar-refractivity contribution >= 4 is 28.3 Å². The lowest BCUT2D eigenvalue weighted by Crippen LogP contribution is -1.93. The lowest BCUT2D eigenvalue weighted by atomic mass is 10.2. The summed E-state index contributed by atoms with van der Waals surface area (Å²) in [7, 11) is 1.80. The minimum absolute atomic E-state index is 0.00430. The summed E-state index contributed by atoms with van der Waals surface area (Å²) in [5, 5.41) is 3.72. The maximum absolute atomic E-state index is 12.0. The highest BCUT2D eigenvalue weighted by Crippen LogP contribution is 2.23. The van der Waals surface area contributed by atoms with Crippen LogP contribution in [0.4, 0.5) is 5.13 Å². The Morgan fingerprint density at radius 2 is 2.06 bits per heavy atom. The highest BCUT2D eigenvalue weighted by atomic mass is 32.1. The molecule has 2 aromatic rings. The van der Waals surface area contributed by atoms with Crippen LogP contribution < -0.4 is 5.32 Å². The second-order valence-electron chi connectivity index (χ2n) is 3.79. The van der Waals surface area contributed by atoms with Crippen LogP contribution in [0.2, 0.25) is 0 Å². The number of nitrogens with one attached hydrogen (secondary N) is 1. The molecule has 0 spiro atoms. The van der Waals surface area contributed by atoms with Gasteiger partial charge in [0, 0.05) is 7.05 Å². The highest BCUT2D eigenvalue weighted by Gasteiger charge is 2.11. The van der Waals surface area contributed by atoms with Crippen molar-refractivity contribution in [2.45, 2.75) is 6.92 Å². The van der Waals surface area contributed by atoms with Gasteiger partial charge in [-0.05, 0) is 18.6 Å². The first-order valence-corrected chi connectivity index (χ1v) is 6.45. The Morgan fingerprint density at radius 1 is 1.33 bits per heavy atom. The fourth-order valence-corrected chi connectivity index (χ4v) is 2.38. The molecule has 18 heavy (non-hydrogen) atoms. The molecule has 0 amide bonds. The lowest BCUT2D eigenvalue weighted by molar-refractivity contribution is 0.105. The Hall–Kier alpha value is -1.94. The smallest absolute Gasteiger partial charge is 0.197 e. The molecule has 1 aromatic heterocycles. The average molecular weight is 258 g/mol. The molecule has 0 saturated carbocycles. The Balaban J connectivity index is 2.17. The van der Waals surface area contributed by atoms with E-state index in [2.05, 4.69) is 10.3 Å².